The van der Waals surface area contributed by atoms with Crippen LogP contribution in [-0.4, -0.2) is 39.1 Å². The monoisotopic (exact) mass is 381 g/mol. The first-order chi connectivity index (χ1) is 11.9. The third kappa shape index (κ3) is 2.93. The summed E-state index contributed by atoms with van der Waals surface area (Å²) in [5.74, 6) is -0.871. The SMILES string of the molecule is Cn1ccc(C2C3OC(CC3O)C2C(=O)Nc2ccc(Cl)c(Cl)c2)n1. The van der Waals surface area contributed by atoms with Crippen LogP contribution >= 0.6 is 23.2 Å². The molecule has 0 spiro atoms. The minimum atomic E-state index is -0.578. The maximum atomic E-state index is 12.9. The number of nitrogens with one attached hydrogen (secondary N) is 1. The van der Waals surface area contributed by atoms with Crippen molar-refractivity contribution in [2.24, 2.45) is 13.0 Å². The Labute approximate surface area is 154 Å². The number of benzene rings is 1. The standard InChI is InChI=1S/C17H17Cl2N3O3/c1-22-5-4-11(21-22)14-15(13-7-12(23)16(14)25-13)17(24)20-8-2-3-9(18)10(19)6-8/h2-6,12-16,23H,7H2,1H3,(H,20,24). The van der Waals surface area contributed by atoms with Crippen LogP contribution in [0.4, 0.5) is 5.69 Å². The van der Waals surface area contributed by atoms with Crippen LogP contribution in [-0.2, 0) is 16.6 Å². The topological polar surface area (TPSA) is 76.4 Å². The van der Waals surface area contributed by atoms with E-state index >= 15 is 0 Å². The smallest absolute Gasteiger partial charge is 0.230 e. The molecule has 0 saturated carbocycles. The van der Waals surface area contributed by atoms with Crippen molar-refractivity contribution in [1.29, 1.82) is 0 Å². The van der Waals surface area contributed by atoms with Crippen LogP contribution in [0.3, 0.4) is 0 Å². The van der Waals surface area contributed by atoms with Crippen molar-refractivity contribution in [3.63, 3.8) is 0 Å². The number of aryl methyl sites for hydroxylation is 1. The number of hydrogen-bond acceptors (Lipinski definition) is 4. The molecule has 25 heavy (non-hydrogen) atoms. The van der Waals surface area contributed by atoms with Gasteiger partial charge in [-0.25, -0.2) is 0 Å². The molecule has 5 atom stereocenters. The third-order valence-corrected chi connectivity index (χ3v) is 5.63. The van der Waals surface area contributed by atoms with E-state index in [4.69, 9.17) is 27.9 Å². The molecule has 1 aromatic heterocycles. The first-order valence-corrected chi connectivity index (χ1v) is 8.78. The van der Waals surface area contributed by atoms with E-state index in [2.05, 4.69) is 10.4 Å². The van der Waals surface area contributed by atoms with E-state index in [9.17, 15) is 9.90 Å². The second-order valence-electron chi connectivity index (χ2n) is 6.53. The Morgan fingerprint density at radius 2 is 2.16 bits per heavy atom. The summed E-state index contributed by atoms with van der Waals surface area (Å²) >= 11 is 11.9. The van der Waals surface area contributed by atoms with Gasteiger partial charge in [0.1, 0.15) is 0 Å². The van der Waals surface area contributed by atoms with Gasteiger partial charge in [-0.15, -0.1) is 0 Å². The lowest BCUT2D eigenvalue weighted by molar-refractivity contribution is -0.122. The summed E-state index contributed by atoms with van der Waals surface area (Å²) in [6, 6.07) is 6.81. The number of carbonyl (C=O) groups excluding carboxylic acids is 1. The van der Waals surface area contributed by atoms with Gasteiger partial charge in [0.15, 0.2) is 0 Å². The van der Waals surface area contributed by atoms with Gasteiger partial charge in [0.05, 0.1) is 40.0 Å². The summed E-state index contributed by atoms with van der Waals surface area (Å²) in [4.78, 5) is 12.9. The quantitative estimate of drug-likeness (QED) is 0.856. The number of aliphatic hydroxyl groups excluding tert-OH is 1. The largest absolute Gasteiger partial charge is 0.390 e. The molecule has 1 amide bonds. The van der Waals surface area contributed by atoms with Gasteiger partial charge < -0.3 is 15.2 Å². The molecule has 2 bridgehead atoms. The van der Waals surface area contributed by atoms with Crippen LogP contribution in [0.15, 0.2) is 30.5 Å². The van der Waals surface area contributed by atoms with Gasteiger partial charge in [0.2, 0.25) is 5.91 Å². The van der Waals surface area contributed by atoms with Crippen molar-refractivity contribution in [3.8, 4) is 0 Å². The van der Waals surface area contributed by atoms with E-state index in [1.807, 2.05) is 19.3 Å². The Kier molecular flexibility index (Phi) is 4.24. The zero-order chi connectivity index (χ0) is 17.7. The number of aromatic nitrogens is 2. The molecule has 2 aromatic rings. The lowest BCUT2D eigenvalue weighted by Crippen LogP contribution is -2.41. The zero-order valence-corrected chi connectivity index (χ0v) is 14.9. The molecule has 8 heteroatoms. The zero-order valence-electron chi connectivity index (χ0n) is 13.4. The number of carbonyl (C=O) groups is 1. The minimum Gasteiger partial charge on any atom is -0.390 e. The normalized spacial score (nSPS) is 30.6. The highest BCUT2D eigenvalue weighted by Gasteiger charge is 2.57. The van der Waals surface area contributed by atoms with E-state index in [1.165, 1.54) is 0 Å². The third-order valence-electron chi connectivity index (χ3n) is 4.89. The van der Waals surface area contributed by atoms with Gasteiger partial charge in [-0.1, -0.05) is 23.2 Å². The van der Waals surface area contributed by atoms with Crippen molar-refractivity contribution < 1.29 is 14.6 Å². The fourth-order valence-electron chi connectivity index (χ4n) is 3.81. The number of hydrogen-bond donors (Lipinski definition) is 2. The fraction of sp³-hybridized carbons (Fsp3) is 0.412. The average molecular weight is 382 g/mol. The van der Waals surface area contributed by atoms with Gasteiger partial charge in [-0.05, 0) is 24.3 Å². The second-order valence-corrected chi connectivity index (χ2v) is 7.34. The molecule has 4 rings (SSSR count). The molecule has 3 heterocycles. The number of ether oxygens (including phenoxy) is 1. The van der Waals surface area contributed by atoms with Gasteiger partial charge in [0.25, 0.3) is 0 Å². The Hall–Kier alpha value is -1.60. The van der Waals surface area contributed by atoms with E-state index < -0.39 is 18.1 Å². The number of rotatable bonds is 3. The second kappa shape index (κ2) is 6.29. The van der Waals surface area contributed by atoms with Crippen molar-refractivity contribution in [1.82, 2.24) is 9.78 Å². The first-order valence-electron chi connectivity index (χ1n) is 8.03. The van der Waals surface area contributed by atoms with Crippen molar-refractivity contribution in [2.75, 3.05) is 5.32 Å². The van der Waals surface area contributed by atoms with Gasteiger partial charge in [0, 0.05) is 31.3 Å². The van der Waals surface area contributed by atoms with Gasteiger partial charge in [-0.2, -0.15) is 5.10 Å². The maximum absolute atomic E-state index is 12.9. The van der Waals surface area contributed by atoms with E-state index in [0.29, 0.717) is 22.2 Å². The molecule has 2 N–H and O–H groups in total. The lowest BCUT2D eigenvalue weighted by Gasteiger charge is -2.28. The van der Waals surface area contributed by atoms with Crippen molar-refractivity contribution >= 4 is 34.8 Å². The molecule has 0 aliphatic carbocycles. The summed E-state index contributed by atoms with van der Waals surface area (Å²) < 4.78 is 7.55. The highest BCUT2D eigenvalue weighted by Crippen LogP contribution is 2.48. The van der Waals surface area contributed by atoms with Crippen LogP contribution < -0.4 is 5.32 Å². The van der Waals surface area contributed by atoms with E-state index in [1.54, 1.807) is 22.9 Å². The number of anilines is 1. The predicted octanol–water partition coefficient (Wildman–Crippen LogP) is 2.60. The molecule has 2 aliphatic rings. The predicted molar refractivity (Wildman–Crippen MR) is 93.8 cm³/mol. The molecule has 0 radical (unpaired) electrons. The molecule has 2 fully saturated rings. The molecular weight excluding hydrogens is 365 g/mol. The lowest BCUT2D eigenvalue weighted by atomic mass is 9.75. The average Bonchev–Trinajstić information content (AvgIpc) is 3.24. The molecule has 2 saturated heterocycles. The molecule has 6 nitrogen and oxygen atoms in total. The fourth-order valence-corrected chi connectivity index (χ4v) is 4.10. The van der Waals surface area contributed by atoms with Gasteiger partial charge >= 0.3 is 0 Å². The Balaban J connectivity index is 1.60. The summed E-state index contributed by atoms with van der Waals surface area (Å²) in [7, 11) is 1.82. The Morgan fingerprint density at radius 1 is 1.36 bits per heavy atom. The van der Waals surface area contributed by atoms with Crippen molar-refractivity contribution in [3.05, 3.63) is 46.2 Å². The van der Waals surface area contributed by atoms with Gasteiger partial charge in [-0.3, -0.25) is 9.48 Å². The molecular formula is C17H17Cl2N3O3. The Bertz CT molecular complexity index is 825. The Morgan fingerprint density at radius 3 is 2.84 bits per heavy atom. The number of amides is 1. The highest BCUT2D eigenvalue weighted by atomic mass is 35.5. The molecule has 2 aliphatic heterocycles. The molecule has 1 aromatic carbocycles. The number of aliphatic hydroxyl groups is 1. The van der Waals surface area contributed by atoms with E-state index in [-0.39, 0.29) is 17.9 Å². The van der Waals surface area contributed by atoms with Crippen molar-refractivity contribution in [2.45, 2.75) is 30.7 Å². The minimum absolute atomic E-state index is 0.173. The maximum Gasteiger partial charge on any atom is 0.230 e. The van der Waals surface area contributed by atoms with Crippen LogP contribution in [0, 0.1) is 5.92 Å². The number of halogens is 2. The molecule has 132 valence electrons. The van der Waals surface area contributed by atoms with Crippen LogP contribution in [0.25, 0.3) is 0 Å². The summed E-state index contributed by atoms with van der Waals surface area (Å²) in [6.45, 7) is 0. The summed E-state index contributed by atoms with van der Waals surface area (Å²) in [5.41, 5.74) is 1.32. The molecule has 5 unspecified atom stereocenters. The van der Waals surface area contributed by atoms with Crippen LogP contribution in [0.1, 0.15) is 18.0 Å². The highest BCUT2D eigenvalue weighted by molar-refractivity contribution is 6.42. The number of fused-ring (bicyclic) bond motifs is 2. The van der Waals surface area contributed by atoms with Crippen LogP contribution in [0.5, 0.6) is 0 Å². The van der Waals surface area contributed by atoms with Crippen LogP contribution in [0.2, 0.25) is 10.0 Å². The summed E-state index contributed by atoms with van der Waals surface area (Å²) in [6.07, 6.45) is 0.958. The van der Waals surface area contributed by atoms with E-state index in [0.717, 1.165) is 5.69 Å². The first kappa shape index (κ1) is 16.8. The summed E-state index contributed by atoms with van der Waals surface area (Å²) in [5, 5.41) is 18.3. The number of nitrogens with zero attached hydrogens (tertiary/aromatic N) is 2.